The molecule has 0 radical (unpaired) electrons. The van der Waals surface area contributed by atoms with E-state index < -0.39 is 10.0 Å². The Kier molecular flexibility index (Phi) is 7.46. The lowest BCUT2D eigenvalue weighted by Crippen LogP contribution is -2.25. The van der Waals surface area contributed by atoms with Gasteiger partial charge >= 0.3 is 0 Å². The third-order valence-corrected chi connectivity index (χ3v) is 6.00. The van der Waals surface area contributed by atoms with Crippen LogP contribution in [0.1, 0.15) is 25.7 Å². The van der Waals surface area contributed by atoms with Gasteiger partial charge in [-0.05, 0) is 56.8 Å². The number of nitrogens with one attached hydrogen (secondary N) is 1. The predicted octanol–water partition coefficient (Wildman–Crippen LogP) is 2.62. The third-order valence-electron chi connectivity index (χ3n) is 2.67. The maximum absolute atomic E-state index is 12.2. The molecule has 0 spiro atoms. The van der Waals surface area contributed by atoms with Crippen molar-refractivity contribution >= 4 is 47.6 Å². The standard InChI is InChI=1S/C12H18Br2N2O3S/c13-10-7-9(15)8-11(14)12(10)20(18,19)16-5-3-1-2-4-6-17/h7-8,16-17H,1-6,15H2. The number of aliphatic hydroxyl groups is 1. The van der Waals surface area contributed by atoms with E-state index >= 15 is 0 Å². The molecule has 0 aliphatic rings. The minimum atomic E-state index is -3.58. The zero-order valence-corrected chi connectivity index (χ0v) is 14.9. The zero-order valence-electron chi connectivity index (χ0n) is 10.9. The lowest BCUT2D eigenvalue weighted by atomic mass is 10.2. The van der Waals surface area contributed by atoms with Crippen LogP contribution in [0.25, 0.3) is 0 Å². The number of benzene rings is 1. The number of hydrogen-bond acceptors (Lipinski definition) is 4. The van der Waals surface area contributed by atoms with Crippen molar-refractivity contribution in [2.45, 2.75) is 30.6 Å². The number of hydrogen-bond donors (Lipinski definition) is 3. The van der Waals surface area contributed by atoms with Crippen LogP contribution >= 0.6 is 31.9 Å². The summed E-state index contributed by atoms with van der Waals surface area (Å²) < 4.78 is 27.9. The van der Waals surface area contributed by atoms with Crippen LogP contribution in [0, 0.1) is 0 Å². The fourth-order valence-electron chi connectivity index (χ4n) is 1.71. The number of unbranched alkanes of at least 4 members (excludes halogenated alkanes) is 3. The van der Waals surface area contributed by atoms with Crippen LogP contribution in [0.5, 0.6) is 0 Å². The number of halogens is 2. The van der Waals surface area contributed by atoms with Crippen LogP contribution < -0.4 is 10.5 Å². The lowest BCUT2D eigenvalue weighted by Gasteiger charge is -2.11. The second kappa shape index (κ2) is 8.33. The molecule has 0 aliphatic heterocycles. The molecule has 20 heavy (non-hydrogen) atoms. The van der Waals surface area contributed by atoms with Crippen molar-refractivity contribution in [3.8, 4) is 0 Å². The van der Waals surface area contributed by atoms with E-state index in [1.807, 2.05) is 0 Å². The summed E-state index contributed by atoms with van der Waals surface area (Å²) in [7, 11) is -3.58. The molecule has 4 N–H and O–H groups in total. The molecule has 1 aromatic carbocycles. The van der Waals surface area contributed by atoms with Gasteiger partial charge in [-0.15, -0.1) is 0 Å². The minimum absolute atomic E-state index is 0.155. The smallest absolute Gasteiger partial charge is 0.242 e. The molecule has 114 valence electrons. The molecule has 0 bridgehead atoms. The number of rotatable bonds is 8. The van der Waals surface area contributed by atoms with Gasteiger partial charge in [-0.2, -0.15) is 0 Å². The van der Waals surface area contributed by atoms with Crippen molar-refractivity contribution in [2.75, 3.05) is 18.9 Å². The summed E-state index contributed by atoms with van der Waals surface area (Å²) in [6.07, 6.45) is 3.27. The Labute approximate surface area is 136 Å². The van der Waals surface area contributed by atoms with E-state index in [0.717, 1.165) is 25.7 Å². The molecule has 0 aliphatic carbocycles. The number of sulfonamides is 1. The van der Waals surface area contributed by atoms with E-state index in [2.05, 4.69) is 36.6 Å². The molecular weight excluding hydrogens is 412 g/mol. The molecule has 0 heterocycles. The molecule has 0 unspecified atom stereocenters. The molecule has 0 fully saturated rings. The Morgan fingerprint density at radius 1 is 1.10 bits per heavy atom. The monoisotopic (exact) mass is 428 g/mol. The van der Waals surface area contributed by atoms with Crippen molar-refractivity contribution in [2.24, 2.45) is 0 Å². The van der Waals surface area contributed by atoms with Crippen molar-refractivity contribution in [1.29, 1.82) is 0 Å². The topological polar surface area (TPSA) is 92.4 Å². The maximum Gasteiger partial charge on any atom is 0.242 e. The quantitative estimate of drug-likeness (QED) is 0.437. The Hall–Kier alpha value is -0.150. The lowest BCUT2D eigenvalue weighted by molar-refractivity contribution is 0.282. The first kappa shape index (κ1) is 17.9. The highest BCUT2D eigenvalue weighted by molar-refractivity contribution is 9.11. The first-order valence-electron chi connectivity index (χ1n) is 6.23. The summed E-state index contributed by atoms with van der Waals surface area (Å²) in [6, 6.07) is 3.11. The molecule has 0 saturated carbocycles. The Bertz CT molecular complexity index is 527. The minimum Gasteiger partial charge on any atom is -0.399 e. The average molecular weight is 430 g/mol. The van der Waals surface area contributed by atoms with Gasteiger partial charge in [0.1, 0.15) is 4.90 Å². The van der Waals surface area contributed by atoms with Gasteiger partial charge in [0.2, 0.25) is 10.0 Å². The van der Waals surface area contributed by atoms with Gasteiger partial charge in [0, 0.05) is 27.8 Å². The highest BCUT2D eigenvalue weighted by Crippen LogP contribution is 2.32. The van der Waals surface area contributed by atoms with Gasteiger partial charge < -0.3 is 10.8 Å². The van der Waals surface area contributed by atoms with E-state index in [1.165, 1.54) is 0 Å². The predicted molar refractivity (Wildman–Crippen MR) is 87.0 cm³/mol. The van der Waals surface area contributed by atoms with E-state index in [-0.39, 0.29) is 11.5 Å². The third kappa shape index (κ3) is 5.33. The number of nitrogens with two attached hydrogens (primary N) is 1. The molecule has 0 aromatic heterocycles. The molecule has 1 aromatic rings. The van der Waals surface area contributed by atoms with E-state index in [0.29, 0.717) is 21.2 Å². The van der Waals surface area contributed by atoms with Gasteiger partial charge in [0.15, 0.2) is 0 Å². The summed E-state index contributed by atoms with van der Waals surface area (Å²) in [5, 5.41) is 8.65. The zero-order chi connectivity index (χ0) is 15.2. The normalized spacial score (nSPS) is 11.8. The summed E-state index contributed by atoms with van der Waals surface area (Å²) in [6.45, 7) is 0.550. The molecule has 8 heteroatoms. The first-order valence-corrected chi connectivity index (χ1v) is 9.30. The number of anilines is 1. The Morgan fingerprint density at radius 2 is 1.65 bits per heavy atom. The molecule has 1 rings (SSSR count). The van der Waals surface area contributed by atoms with Crippen molar-refractivity contribution < 1.29 is 13.5 Å². The van der Waals surface area contributed by atoms with E-state index in [9.17, 15) is 8.42 Å². The maximum atomic E-state index is 12.2. The second-order valence-electron chi connectivity index (χ2n) is 4.35. The largest absolute Gasteiger partial charge is 0.399 e. The number of aliphatic hydroxyl groups excluding tert-OH is 1. The molecule has 5 nitrogen and oxygen atoms in total. The van der Waals surface area contributed by atoms with Gasteiger partial charge in [0.05, 0.1) is 0 Å². The fraction of sp³-hybridized carbons (Fsp3) is 0.500. The number of nitrogen functional groups attached to an aromatic ring is 1. The summed E-state index contributed by atoms with van der Waals surface area (Å²) in [5.41, 5.74) is 6.12. The summed E-state index contributed by atoms with van der Waals surface area (Å²) in [5.74, 6) is 0. The van der Waals surface area contributed by atoms with Crippen LogP contribution in [0.2, 0.25) is 0 Å². The van der Waals surface area contributed by atoms with E-state index in [1.54, 1.807) is 12.1 Å². The van der Waals surface area contributed by atoms with Gasteiger partial charge in [-0.3, -0.25) is 0 Å². The van der Waals surface area contributed by atoms with Crippen LogP contribution in [0.15, 0.2) is 26.0 Å². The summed E-state index contributed by atoms with van der Waals surface area (Å²) in [4.78, 5) is 0.155. The highest BCUT2D eigenvalue weighted by Gasteiger charge is 2.21. The second-order valence-corrected chi connectivity index (χ2v) is 7.76. The van der Waals surface area contributed by atoms with Crippen LogP contribution in [0.3, 0.4) is 0 Å². The molecule has 0 saturated heterocycles. The highest BCUT2D eigenvalue weighted by atomic mass is 79.9. The van der Waals surface area contributed by atoms with Crippen molar-refractivity contribution in [1.82, 2.24) is 4.72 Å². The Morgan fingerprint density at radius 3 is 2.20 bits per heavy atom. The van der Waals surface area contributed by atoms with Gasteiger partial charge in [-0.25, -0.2) is 13.1 Å². The van der Waals surface area contributed by atoms with Crippen molar-refractivity contribution in [3.63, 3.8) is 0 Å². The SMILES string of the molecule is Nc1cc(Br)c(S(=O)(=O)NCCCCCCO)c(Br)c1. The Balaban J connectivity index is 2.66. The van der Waals surface area contributed by atoms with Gasteiger partial charge in [-0.1, -0.05) is 12.8 Å². The fourth-order valence-corrected chi connectivity index (χ4v) is 5.39. The van der Waals surface area contributed by atoms with Gasteiger partial charge in [0.25, 0.3) is 0 Å². The molecule has 0 atom stereocenters. The van der Waals surface area contributed by atoms with E-state index in [4.69, 9.17) is 10.8 Å². The van der Waals surface area contributed by atoms with Crippen LogP contribution in [-0.4, -0.2) is 26.7 Å². The molecular formula is C12H18Br2N2O3S. The van der Waals surface area contributed by atoms with Crippen LogP contribution in [0.4, 0.5) is 5.69 Å². The van der Waals surface area contributed by atoms with Crippen molar-refractivity contribution in [3.05, 3.63) is 21.1 Å². The summed E-state index contributed by atoms with van der Waals surface area (Å²) >= 11 is 6.44. The average Bonchev–Trinajstić information content (AvgIpc) is 2.31. The van der Waals surface area contributed by atoms with Crippen LogP contribution in [-0.2, 0) is 10.0 Å². The first-order chi connectivity index (χ1) is 9.38. The molecule has 0 amide bonds.